The molecular weight excluding hydrogens is 198 g/mol. The van der Waals surface area contributed by atoms with E-state index in [2.05, 4.69) is 5.32 Å². The molecule has 88 valence electrons. The molecule has 0 bridgehead atoms. The van der Waals surface area contributed by atoms with Gasteiger partial charge in [0.25, 0.3) is 0 Å². The Morgan fingerprint density at radius 3 is 2.73 bits per heavy atom. The van der Waals surface area contributed by atoms with Crippen molar-refractivity contribution in [2.75, 3.05) is 33.5 Å². The minimum atomic E-state index is -0.519. The van der Waals surface area contributed by atoms with Gasteiger partial charge in [-0.05, 0) is 6.92 Å². The summed E-state index contributed by atoms with van der Waals surface area (Å²) in [4.78, 5) is 11.2. The average Bonchev–Trinajstić information content (AvgIpc) is 2.62. The van der Waals surface area contributed by atoms with Gasteiger partial charge in [-0.3, -0.25) is 4.79 Å². The normalized spacial score (nSPS) is 19.1. The number of carbonyl (C=O) groups is 1. The molecule has 5 nitrogen and oxygen atoms in total. The van der Waals surface area contributed by atoms with Gasteiger partial charge in [-0.25, -0.2) is 0 Å². The molecule has 0 unspecified atom stereocenters. The zero-order valence-electron chi connectivity index (χ0n) is 9.38. The number of hydrogen-bond donors (Lipinski definition) is 1. The van der Waals surface area contributed by atoms with Crippen LogP contribution in [-0.4, -0.2) is 45.2 Å². The minimum Gasteiger partial charge on any atom is -0.384 e. The lowest BCUT2D eigenvalue weighted by Gasteiger charge is -2.22. The molecule has 1 aliphatic rings. The van der Waals surface area contributed by atoms with Crippen LogP contribution in [0, 0.1) is 0 Å². The molecule has 0 aromatic heterocycles. The van der Waals surface area contributed by atoms with Gasteiger partial charge in [0.05, 0.1) is 19.8 Å². The number of nitrogens with one attached hydrogen (secondary N) is 1. The van der Waals surface area contributed by atoms with Gasteiger partial charge in [-0.2, -0.15) is 0 Å². The summed E-state index contributed by atoms with van der Waals surface area (Å²) in [6, 6.07) is 0. The van der Waals surface area contributed by atoms with Gasteiger partial charge < -0.3 is 19.5 Å². The first-order chi connectivity index (χ1) is 7.16. The molecule has 0 aromatic rings. The van der Waals surface area contributed by atoms with Crippen LogP contribution in [0.1, 0.15) is 19.8 Å². The molecule has 0 radical (unpaired) electrons. The molecule has 1 saturated heterocycles. The van der Waals surface area contributed by atoms with Crippen molar-refractivity contribution >= 4 is 5.91 Å². The first-order valence-corrected chi connectivity index (χ1v) is 5.20. The van der Waals surface area contributed by atoms with Crippen molar-refractivity contribution in [3.63, 3.8) is 0 Å². The van der Waals surface area contributed by atoms with Gasteiger partial charge in [0.15, 0.2) is 5.79 Å². The predicted molar refractivity (Wildman–Crippen MR) is 54.4 cm³/mol. The van der Waals surface area contributed by atoms with E-state index in [0.717, 1.165) is 0 Å². The van der Waals surface area contributed by atoms with Crippen LogP contribution in [0.25, 0.3) is 0 Å². The molecule has 1 aliphatic heterocycles. The van der Waals surface area contributed by atoms with Crippen LogP contribution in [0.15, 0.2) is 0 Å². The Hall–Kier alpha value is -0.650. The quantitative estimate of drug-likeness (QED) is 0.695. The first-order valence-electron chi connectivity index (χ1n) is 5.20. The van der Waals surface area contributed by atoms with E-state index < -0.39 is 5.79 Å². The van der Waals surface area contributed by atoms with Crippen molar-refractivity contribution in [2.45, 2.75) is 25.6 Å². The van der Waals surface area contributed by atoms with Gasteiger partial charge in [-0.1, -0.05) is 0 Å². The van der Waals surface area contributed by atoms with Crippen LogP contribution in [0.3, 0.4) is 0 Å². The number of hydrogen-bond acceptors (Lipinski definition) is 4. The Morgan fingerprint density at radius 1 is 1.47 bits per heavy atom. The Kier molecular flexibility index (Phi) is 5.01. The molecule has 0 atom stereocenters. The molecule has 0 saturated carbocycles. The van der Waals surface area contributed by atoms with Gasteiger partial charge >= 0.3 is 0 Å². The van der Waals surface area contributed by atoms with Gasteiger partial charge in [0.2, 0.25) is 5.91 Å². The van der Waals surface area contributed by atoms with Crippen molar-refractivity contribution in [3.05, 3.63) is 0 Å². The smallest absolute Gasteiger partial charge is 0.222 e. The molecule has 5 heteroatoms. The topological polar surface area (TPSA) is 56.8 Å². The summed E-state index contributed by atoms with van der Waals surface area (Å²) in [5.41, 5.74) is 0. The highest BCUT2D eigenvalue weighted by atomic mass is 16.7. The van der Waals surface area contributed by atoms with Crippen LogP contribution in [0.2, 0.25) is 0 Å². The molecule has 0 aliphatic carbocycles. The molecule has 15 heavy (non-hydrogen) atoms. The number of amides is 1. The second-order valence-electron chi connectivity index (χ2n) is 3.67. The highest BCUT2D eigenvalue weighted by Gasteiger charge is 2.30. The van der Waals surface area contributed by atoms with E-state index >= 15 is 0 Å². The van der Waals surface area contributed by atoms with Crippen molar-refractivity contribution in [1.82, 2.24) is 5.32 Å². The third-order valence-corrected chi connectivity index (χ3v) is 2.33. The van der Waals surface area contributed by atoms with Crippen molar-refractivity contribution in [2.24, 2.45) is 0 Å². The Labute approximate surface area is 90.1 Å². The third-order valence-electron chi connectivity index (χ3n) is 2.33. The van der Waals surface area contributed by atoms with E-state index in [9.17, 15) is 4.79 Å². The number of rotatable bonds is 6. The van der Waals surface area contributed by atoms with Gasteiger partial charge in [0.1, 0.15) is 0 Å². The molecule has 1 rings (SSSR count). The van der Waals surface area contributed by atoms with Crippen LogP contribution in [-0.2, 0) is 19.0 Å². The highest BCUT2D eigenvalue weighted by Crippen LogP contribution is 2.21. The Morgan fingerprint density at radius 2 is 2.13 bits per heavy atom. The van der Waals surface area contributed by atoms with Crippen molar-refractivity contribution in [3.8, 4) is 0 Å². The summed E-state index contributed by atoms with van der Waals surface area (Å²) in [6.07, 6.45) is 1.07. The predicted octanol–water partition coefficient (Wildman–Crippen LogP) is 0.292. The van der Waals surface area contributed by atoms with Crippen LogP contribution in [0.5, 0.6) is 0 Å². The molecular formula is C10H19NO4. The minimum absolute atomic E-state index is 0.00144. The average molecular weight is 217 g/mol. The fraction of sp³-hybridized carbons (Fsp3) is 0.900. The third kappa shape index (κ3) is 4.59. The van der Waals surface area contributed by atoms with Gasteiger partial charge in [-0.15, -0.1) is 0 Å². The van der Waals surface area contributed by atoms with E-state index in [-0.39, 0.29) is 5.91 Å². The van der Waals surface area contributed by atoms with E-state index in [0.29, 0.717) is 39.2 Å². The van der Waals surface area contributed by atoms with Crippen LogP contribution >= 0.6 is 0 Å². The van der Waals surface area contributed by atoms with E-state index in [4.69, 9.17) is 14.2 Å². The molecule has 1 heterocycles. The van der Waals surface area contributed by atoms with Crippen molar-refractivity contribution in [1.29, 1.82) is 0 Å². The summed E-state index contributed by atoms with van der Waals surface area (Å²) in [5, 5.41) is 2.79. The molecule has 0 spiro atoms. The van der Waals surface area contributed by atoms with E-state index in [1.54, 1.807) is 7.11 Å². The maximum absolute atomic E-state index is 11.2. The maximum atomic E-state index is 11.2. The summed E-state index contributed by atoms with van der Waals surface area (Å²) in [7, 11) is 1.58. The molecule has 1 N–H and O–H groups in total. The summed E-state index contributed by atoms with van der Waals surface area (Å²) >= 11 is 0. The zero-order chi connectivity index (χ0) is 11.1. The lowest BCUT2D eigenvalue weighted by atomic mass is 10.2. The van der Waals surface area contributed by atoms with Gasteiger partial charge in [0, 0.05) is 26.5 Å². The van der Waals surface area contributed by atoms with Crippen LogP contribution in [0.4, 0.5) is 0 Å². The number of ether oxygens (including phenoxy) is 3. The Balaban J connectivity index is 2.07. The zero-order valence-corrected chi connectivity index (χ0v) is 9.38. The molecule has 1 fully saturated rings. The lowest BCUT2D eigenvalue weighted by Crippen LogP contribution is -2.33. The highest BCUT2D eigenvalue weighted by molar-refractivity contribution is 5.75. The second-order valence-corrected chi connectivity index (χ2v) is 3.67. The van der Waals surface area contributed by atoms with E-state index in [1.807, 2.05) is 6.92 Å². The molecule has 1 amide bonds. The fourth-order valence-electron chi connectivity index (χ4n) is 1.41. The SMILES string of the molecule is COCCC(=O)NCCC1(C)OCCO1. The standard InChI is InChI=1S/C10H19NO4/c1-10(14-7-8-15-10)4-5-11-9(12)3-6-13-2/h3-8H2,1-2H3,(H,11,12). The van der Waals surface area contributed by atoms with E-state index in [1.165, 1.54) is 0 Å². The second kappa shape index (κ2) is 6.05. The monoisotopic (exact) mass is 217 g/mol. The summed E-state index contributed by atoms with van der Waals surface area (Å²) < 4.78 is 15.6. The largest absolute Gasteiger partial charge is 0.384 e. The Bertz CT molecular complexity index is 202. The van der Waals surface area contributed by atoms with Crippen molar-refractivity contribution < 1.29 is 19.0 Å². The molecule has 0 aromatic carbocycles. The summed E-state index contributed by atoms with van der Waals surface area (Å²) in [5.74, 6) is -0.521. The first kappa shape index (κ1) is 12.4. The summed E-state index contributed by atoms with van der Waals surface area (Å²) in [6.45, 7) is 4.18. The number of methoxy groups -OCH3 is 1. The van der Waals surface area contributed by atoms with Crippen LogP contribution < -0.4 is 5.32 Å². The maximum Gasteiger partial charge on any atom is 0.222 e. The fourth-order valence-corrected chi connectivity index (χ4v) is 1.41. The number of carbonyl (C=O) groups excluding carboxylic acids is 1. The lowest BCUT2D eigenvalue weighted by molar-refractivity contribution is -0.146.